The molecule has 0 bridgehead atoms. The number of rotatable bonds is 3. The average Bonchev–Trinajstić information content (AvgIpc) is 2.70. The summed E-state index contributed by atoms with van der Waals surface area (Å²) in [7, 11) is 0. The summed E-state index contributed by atoms with van der Waals surface area (Å²) in [5.41, 5.74) is 8.07. The summed E-state index contributed by atoms with van der Waals surface area (Å²) in [6.07, 6.45) is 3.57. The van der Waals surface area contributed by atoms with Gasteiger partial charge in [-0.15, -0.1) is 0 Å². The molecule has 86 valence electrons. The monoisotopic (exact) mass is 218 g/mol. The highest BCUT2D eigenvalue weighted by Crippen LogP contribution is 2.32. The molecule has 1 aromatic rings. The van der Waals surface area contributed by atoms with Gasteiger partial charge in [-0.25, -0.2) is 0 Å². The van der Waals surface area contributed by atoms with E-state index in [1.807, 2.05) is 19.9 Å². The number of nitrogens with zero attached hydrogens (tertiary/aromatic N) is 1. The Bertz CT molecular complexity index is 401. The SMILES string of the molecule is CC(C)C(N)C(=O)C1CCc2cccnc21. The van der Waals surface area contributed by atoms with Crippen LogP contribution in [0.25, 0.3) is 0 Å². The zero-order valence-electron chi connectivity index (χ0n) is 9.81. The van der Waals surface area contributed by atoms with E-state index >= 15 is 0 Å². The van der Waals surface area contributed by atoms with Gasteiger partial charge in [-0.2, -0.15) is 0 Å². The predicted octanol–water partition coefficient (Wildman–Crippen LogP) is 1.66. The molecule has 1 aliphatic rings. The Balaban J connectivity index is 2.22. The van der Waals surface area contributed by atoms with Crippen LogP contribution in [0.3, 0.4) is 0 Å². The van der Waals surface area contributed by atoms with Gasteiger partial charge in [-0.1, -0.05) is 19.9 Å². The van der Waals surface area contributed by atoms with Gasteiger partial charge >= 0.3 is 0 Å². The van der Waals surface area contributed by atoms with E-state index in [0.29, 0.717) is 0 Å². The minimum Gasteiger partial charge on any atom is -0.321 e. The molecule has 0 saturated carbocycles. The summed E-state index contributed by atoms with van der Waals surface area (Å²) >= 11 is 0. The molecule has 3 nitrogen and oxygen atoms in total. The highest BCUT2D eigenvalue weighted by Gasteiger charge is 2.33. The number of aryl methyl sites for hydroxylation is 1. The molecular formula is C13H18N2O. The fourth-order valence-corrected chi connectivity index (χ4v) is 2.25. The van der Waals surface area contributed by atoms with Gasteiger partial charge in [0.1, 0.15) is 0 Å². The van der Waals surface area contributed by atoms with Gasteiger partial charge in [0.25, 0.3) is 0 Å². The van der Waals surface area contributed by atoms with Crippen LogP contribution < -0.4 is 5.73 Å². The maximum atomic E-state index is 12.2. The molecule has 2 rings (SSSR count). The number of hydrogen-bond donors (Lipinski definition) is 1. The molecule has 16 heavy (non-hydrogen) atoms. The van der Waals surface area contributed by atoms with Gasteiger partial charge in [0.2, 0.25) is 0 Å². The normalized spacial score (nSPS) is 20.9. The van der Waals surface area contributed by atoms with Crippen LogP contribution in [0, 0.1) is 5.92 Å². The lowest BCUT2D eigenvalue weighted by Gasteiger charge is -2.18. The van der Waals surface area contributed by atoms with E-state index in [9.17, 15) is 4.79 Å². The molecule has 1 aliphatic carbocycles. The zero-order valence-corrected chi connectivity index (χ0v) is 9.81. The Labute approximate surface area is 96.1 Å². The van der Waals surface area contributed by atoms with Crippen LogP contribution in [0.5, 0.6) is 0 Å². The number of fused-ring (bicyclic) bond motifs is 1. The number of carbonyl (C=O) groups is 1. The standard InChI is InChI=1S/C13H18N2O/c1-8(2)11(14)13(16)10-6-5-9-4-3-7-15-12(9)10/h3-4,7-8,10-11H,5-6,14H2,1-2H3. The van der Waals surface area contributed by atoms with E-state index < -0.39 is 0 Å². The third kappa shape index (κ3) is 1.87. The summed E-state index contributed by atoms with van der Waals surface area (Å²) in [5.74, 6) is 0.265. The highest BCUT2D eigenvalue weighted by atomic mass is 16.1. The van der Waals surface area contributed by atoms with Crippen molar-refractivity contribution in [3.05, 3.63) is 29.6 Å². The second-order valence-electron chi connectivity index (χ2n) is 4.81. The summed E-state index contributed by atoms with van der Waals surface area (Å²) in [6, 6.07) is 3.61. The molecule has 0 aromatic carbocycles. The fourth-order valence-electron chi connectivity index (χ4n) is 2.25. The van der Waals surface area contributed by atoms with Crippen LogP contribution in [0.15, 0.2) is 18.3 Å². The molecule has 1 heterocycles. The average molecular weight is 218 g/mol. The summed E-state index contributed by atoms with van der Waals surface area (Å²) in [4.78, 5) is 16.5. The summed E-state index contributed by atoms with van der Waals surface area (Å²) in [5, 5.41) is 0. The maximum absolute atomic E-state index is 12.2. The molecule has 0 saturated heterocycles. The Morgan fingerprint density at radius 3 is 3.00 bits per heavy atom. The molecule has 0 radical (unpaired) electrons. The first-order valence-electron chi connectivity index (χ1n) is 5.84. The molecule has 1 aromatic heterocycles. The van der Waals surface area contributed by atoms with Crippen LogP contribution in [0.4, 0.5) is 0 Å². The second-order valence-corrected chi connectivity index (χ2v) is 4.81. The minimum absolute atomic E-state index is 0.0754. The van der Waals surface area contributed by atoms with Crippen molar-refractivity contribution >= 4 is 5.78 Å². The first-order valence-corrected chi connectivity index (χ1v) is 5.84. The van der Waals surface area contributed by atoms with Gasteiger partial charge in [-0.3, -0.25) is 9.78 Å². The van der Waals surface area contributed by atoms with Gasteiger partial charge in [-0.05, 0) is 30.4 Å². The van der Waals surface area contributed by atoms with Gasteiger partial charge < -0.3 is 5.73 Å². The lowest BCUT2D eigenvalue weighted by atomic mass is 9.90. The van der Waals surface area contributed by atoms with E-state index in [4.69, 9.17) is 5.73 Å². The number of ketones is 1. The van der Waals surface area contributed by atoms with Crippen molar-refractivity contribution < 1.29 is 4.79 Å². The van der Waals surface area contributed by atoms with Gasteiger partial charge in [0, 0.05) is 6.20 Å². The van der Waals surface area contributed by atoms with Crippen molar-refractivity contribution in [3.8, 4) is 0 Å². The fraction of sp³-hybridized carbons (Fsp3) is 0.538. The number of pyridine rings is 1. The lowest BCUT2D eigenvalue weighted by molar-refractivity contribution is -0.122. The van der Waals surface area contributed by atoms with Crippen LogP contribution in [-0.2, 0) is 11.2 Å². The molecule has 3 heteroatoms. The molecule has 0 fully saturated rings. The Hall–Kier alpha value is -1.22. The minimum atomic E-state index is -0.363. The lowest BCUT2D eigenvalue weighted by Crippen LogP contribution is -2.38. The summed E-state index contributed by atoms with van der Waals surface area (Å²) < 4.78 is 0. The second kappa shape index (κ2) is 4.34. The Kier molecular flexibility index (Phi) is 3.06. The number of hydrogen-bond acceptors (Lipinski definition) is 3. The molecular weight excluding hydrogens is 200 g/mol. The van der Waals surface area contributed by atoms with Crippen LogP contribution in [-0.4, -0.2) is 16.8 Å². The third-order valence-corrected chi connectivity index (χ3v) is 3.35. The molecule has 0 aliphatic heterocycles. The van der Waals surface area contributed by atoms with Crippen molar-refractivity contribution in [2.75, 3.05) is 0 Å². The largest absolute Gasteiger partial charge is 0.321 e. The number of aromatic nitrogens is 1. The predicted molar refractivity (Wildman–Crippen MR) is 63.1 cm³/mol. The summed E-state index contributed by atoms with van der Waals surface area (Å²) in [6.45, 7) is 3.97. The van der Waals surface area contributed by atoms with Crippen LogP contribution in [0.1, 0.15) is 37.4 Å². The van der Waals surface area contributed by atoms with Crippen molar-refractivity contribution in [2.24, 2.45) is 11.7 Å². The Morgan fingerprint density at radius 1 is 1.56 bits per heavy atom. The third-order valence-electron chi connectivity index (χ3n) is 3.35. The van der Waals surface area contributed by atoms with Crippen molar-refractivity contribution in [2.45, 2.75) is 38.6 Å². The molecule has 2 atom stereocenters. The molecule has 2 N–H and O–H groups in total. The first-order chi connectivity index (χ1) is 7.61. The van der Waals surface area contributed by atoms with E-state index in [-0.39, 0.29) is 23.7 Å². The molecule has 2 unspecified atom stereocenters. The smallest absolute Gasteiger partial charge is 0.158 e. The number of carbonyl (C=O) groups excluding carboxylic acids is 1. The van der Waals surface area contributed by atoms with Crippen molar-refractivity contribution in [1.29, 1.82) is 0 Å². The van der Waals surface area contributed by atoms with Crippen molar-refractivity contribution in [3.63, 3.8) is 0 Å². The molecule has 0 amide bonds. The van der Waals surface area contributed by atoms with Crippen LogP contribution in [0.2, 0.25) is 0 Å². The number of Topliss-reactive ketones (excluding diaryl/α,β-unsaturated/α-hetero) is 1. The highest BCUT2D eigenvalue weighted by molar-refractivity contribution is 5.91. The first kappa shape index (κ1) is 11.3. The zero-order chi connectivity index (χ0) is 11.7. The topological polar surface area (TPSA) is 56.0 Å². The Morgan fingerprint density at radius 2 is 2.31 bits per heavy atom. The molecule has 0 spiro atoms. The quantitative estimate of drug-likeness (QED) is 0.839. The van der Waals surface area contributed by atoms with Gasteiger partial charge in [0.15, 0.2) is 5.78 Å². The van der Waals surface area contributed by atoms with E-state index in [2.05, 4.69) is 11.1 Å². The number of nitrogens with two attached hydrogens (primary N) is 1. The van der Waals surface area contributed by atoms with E-state index in [0.717, 1.165) is 18.5 Å². The van der Waals surface area contributed by atoms with Gasteiger partial charge in [0.05, 0.1) is 17.7 Å². The van der Waals surface area contributed by atoms with E-state index in [1.54, 1.807) is 6.20 Å². The van der Waals surface area contributed by atoms with Crippen molar-refractivity contribution in [1.82, 2.24) is 4.98 Å². The maximum Gasteiger partial charge on any atom is 0.158 e. The van der Waals surface area contributed by atoms with Crippen LogP contribution >= 0.6 is 0 Å². The van der Waals surface area contributed by atoms with E-state index in [1.165, 1.54) is 5.56 Å².